The largest absolute Gasteiger partial charge is 0.352 e. The molecular weight excluding hydrogens is 276 g/mol. The van der Waals surface area contributed by atoms with E-state index >= 15 is 0 Å². The first-order valence-electron chi connectivity index (χ1n) is 6.69. The van der Waals surface area contributed by atoms with Gasteiger partial charge in [0.25, 0.3) is 0 Å². The Morgan fingerprint density at radius 3 is 2.45 bits per heavy atom. The summed E-state index contributed by atoms with van der Waals surface area (Å²) < 4.78 is 0. The van der Waals surface area contributed by atoms with E-state index in [-0.39, 0.29) is 17.9 Å². The molecule has 0 aromatic heterocycles. The molecule has 0 spiro atoms. The zero-order valence-corrected chi connectivity index (χ0v) is 12.7. The Labute approximate surface area is 123 Å². The standard InChI is InChI=1S/C15H19ClN2O2/c1-9-8-10(16)4-7-12(9)18-14(20)15(2,3)13(19)17-11-5-6-11/h4,7-8,11H,5-6H2,1-3H3,(H,17,19)(H,18,20). The number of carbonyl (C=O) groups excluding carboxylic acids is 2. The van der Waals surface area contributed by atoms with E-state index in [9.17, 15) is 9.59 Å². The number of rotatable bonds is 4. The van der Waals surface area contributed by atoms with Crippen molar-refractivity contribution in [2.75, 3.05) is 5.32 Å². The number of hydrogen-bond donors (Lipinski definition) is 2. The quantitative estimate of drug-likeness (QED) is 0.839. The van der Waals surface area contributed by atoms with Gasteiger partial charge in [0.15, 0.2) is 0 Å². The van der Waals surface area contributed by atoms with Crippen LogP contribution in [0, 0.1) is 12.3 Å². The minimum atomic E-state index is -1.10. The molecule has 1 saturated carbocycles. The molecule has 1 aliphatic rings. The van der Waals surface area contributed by atoms with Crippen molar-refractivity contribution in [2.45, 2.75) is 39.7 Å². The Kier molecular flexibility index (Phi) is 4.04. The third kappa shape index (κ3) is 3.31. The monoisotopic (exact) mass is 294 g/mol. The van der Waals surface area contributed by atoms with Crippen LogP contribution >= 0.6 is 11.6 Å². The molecule has 0 heterocycles. The summed E-state index contributed by atoms with van der Waals surface area (Å²) in [5, 5.41) is 6.27. The van der Waals surface area contributed by atoms with Gasteiger partial charge in [-0.3, -0.25) is 9.59 Å². The molecule has 108 valence electrons. The van der Waals surface area contributed by atoms with Crippen molar-refractivity contribution < 1.29 is 9.59 Å². The van der Waals surface area contributed by atoms with Gasteiger partial charge in [-0.05, 0) is 57.4 Å². The molecule has 1 aliphatic carbocycles. The SMILES string of the molecule is Cc1cc(Cl)ccc1NC(=O)C(C)(C)C(=O)NC1CC1. The highest BCUT2D eigenvalue weighted by molar-refractivity contribution is 6.30. The number of amides is 2. The minimum Gasteiger partial charge on any atom is -0.352 e. The number of benzene rings is 1. The maximum atomic E-state index is 12.3. The fourth-order valence-corrected chi connectivity index (χ4v) is 1.97. The fourth-order valence-electron chi connectivity index (χ4n) is 1.74. The Balaban J connectivity index is 2.07. The van der Waals surface area contributed by atoms with E-state index in [4.69, 9.17) is 11.6 Å². The van der Waals surface area contributed by atoms with Crippen molar-refractivity contribution >= 4 is 29.1 Å². The van der Waals surface area contributed by atoms with Gasteiger partial charge in [-0.25, -0.2) is 0 Å². The van der Waals surface area contributed by atoms with Crippen LogP contribution in [0.1, 0.15) is 32.3 Å². The average Bonchev–Trinajstić information content (AvgIpc) is 3.16. The van der Waals surface area contributed by atoms with Crippen molar-refractivity contribution in [1.29, 1.82) is 0 Å². The Morgan fingerprint density at radius 1 is 1.25 bits per heavy atom. The van der Waals surface area contributed by atoms with Gasteiger partial charge >= 0.3 is 0 Å². The van der Waals surface area contributed by atoms with Gasteiger partial charge in [-0.15, -0.1) is 0 Å². The molecule has 0 aliphatic heterocycles. The topological polar surface area (TPSA) is 58.2 Å². The average molecular weight is 295 g/mol. The van der Waals surface area contributed by atoms with E-state index < -0.39 is 5.41 Å². The van der Waals surface area contributed by atoms with Crippen LogP contribution in [0.2, 0.25) is 5.02 Å². The Hall–Kier alpha value is -1.55. The van der Waals surface area contributed by atoms with Gasteiger partial charge in [-0.1, -0.05) is 11.6 Å². The van der Waals surface area contributed by atoms with E-state index in [1.165, 1.54) is 0 Å². The number of nitrogens with one attached hydrogen (secondary N) is 2. The second-order valence-corrected chi connectivity index (χ2v) is 6.22. The molecule has 2 amide bonds. The van der Waals surface area contributed by atoms with E-state index in [0.717, 1.165) is 18.4 Å². The van der Waals surface area contributed by atoms with Crippen LogP contribution in [0.3, 0.4) is 0 Å². The van der Waals surface area contributed by atoms with Gasteiger partial charge in [0, 0.05) is 16.8 Å². The number of halogens is 1. The molecule has 1 aromatic rings. The lowest BCUT2D eigenvalue weighted by Gasteiger charge is -2.23. The summed E-state index contributed by atoms with van der Waals surface area (Å²) >= 11 is 5.88. The summed E-state index contributed by atoms with van der Waals surface area (Å²) in [5.41, 5.74) is 0.435. The lowest BCUT2D eigenvalue weighted by molar-refractivity contribution is -0.138. The van der Waals surface area contributed by atoms with Gasteiger partial charge in [0.05, 0.1) is 0 Å². The highest BCUT2D eigenvalue weighted by Crippen LogP contribution is 2.25. The van der Waals surface area contributed by atoms with Crippen LogP contribution in [0.15, 0.2) is 18.2 Å². The summed E-state index contributed by atoms with van der Waals surface area (Å²) in [6.45, 7) is 5.12. The highest BCUT2D eigenvalue weighted by Gasteiger charge is 2.38. The first-order valence-corrected chi connectivity index (χ1v) is 7.07. The first-order chi connectivity index (χ1) is 9.30. The number of anilines is 1. The second kappa shape index (κ2) is 5.44. The normalized spacial score (nSPS) is 14.8. The third-order valence-corrected chi connectivity index (χ3v) is 3.72. The fraction of sp³-hybridized carbons (Fsp3) is 0.467. The summed E-state index contributed by atoms with van der Waals surface area (Å²) in [4.78, 5) is 24.4. The smallest absolute Gasteiger partial charge is 0.239 e. The zero-order chi connectivity index (χ0) is 14.9. The van der Waals surface area contributed by atoms with Crippen LogP contribution in [0.4, 0.5) is 5.69 Å². The van der Waals surface area contributed by atoms with E-state index in [2.05, 4.69) is 10.6 Å². The summed E-state index contributed by atoms with van der Waals surface area (Å²) in [7, 11) is 0. The molecule has 1 fully saturated rings. The summed E-state index contributed by atoms with van der Waals surface area (Å²) in [5.74, 6) is -0.551. The zero-order valence-electron chi connectivity index (χ0n) is 11.9. The number of hydrogen-bond acceptors (Lipinski definition) is 2. The third-order valence-electron chi connectivity index (χ3n) is 3.48. The molecule has 0 atom stereocenters. The molecule has 0 radical (unpaired) electrons. The van der Waals surface area contributed by atoms with Crippen molar-refractivity contribution in [1.82, 2.24) is 5.32 Å². The highest BCUT2D eigenvalue weighted by atomic mass is 35.5. The molecule has 4 nitrogen and oxygen atoms in total. The van der Waals surface area contributed by atoms with Gasteiger partial charge in [0.2, 0.25) is 11.8 Å². The van der Waals surface area contributed by atoms with Crippen LogP contribution < -0.4 is 10.6 Å². The van der Waals surface area contributed by atoms with E-state index in [1.54, 1.807) is 32.0 Å². The Morgan fingerprint density at radius 2 is 1.90 bits per heavy atom. The Bertz CT molecular complexity index is 551. The molecular formula is C15H19ClN2O2. The molecule has 5 heteroatoms. The van der Waals surface area contributed by atoms with Crippen molar-refractivity contribution in [3.63, 3.8) is 0 Å². The molecule has 2 rings (SSSR count). The molecule has 0 unspecified atom stereocenters. The predicted molar refractivity (Wildman–Crippen MR) is 79.8 cm³/mol. The lowest BCUT2D eigenvalue weighted by Crippen LogP contribution is -2.45. The summed E-state index contributed by atoms with van der Waals surface area (Å²) in [6.07, 6.45) is 2.00. The van der Waals surface area contributed by atoms with Crippen molar-refractivity contribution in [3.05, 3.63) is 28.8 Å². The minimum absolute atomic E-state index is 0.232. The molecule has 20 heavy (non-hydrogen) atoms. The second-order valence-electron chi connectivity index (χ2n) is 5.79. The number of carbonyl (C=O) groups is 2. The molecule has 1 aromatic carbocycles. The number of aryl methyl sites for hydroxylation is 1. The molecule has 0 bridgehead atoms. The lowest BCUT2D eigenvalue weighted by atomic mass is 9.90. The van der Waals surface area contributed by atoms with Crippen LogP contribution in [0.25, 0.3) is 0 Å². The van der Waals surface area contributed by atoms with Crippen LogP contribution in [-0.2, 0) is 9.59 Å². The maximum Gasteiger partial charge on any atom is 0.239 e. The van der Waals surface area contributed by atoms with Crippen LogP contribution in [0.5, 0.6) is 0 Å². The van der Waals surface area contributed by atoms with Crippen molar-refractivity contribution in [3.8, 4) is 0 Å². The van der Waals surface area contributed by atoms with E-state index in [0.29, 0.717) is 10.7 Å². The first kappa shape index (κ1) is 14.9. The van der Waals surface area contributed by atoms with Gasteiger partial charge in [0.1, 0.15) is 5.41 Å². The van der Waals surface area contributed by atoms with Crippen LogP contribution in [-0.4, -0.2) is 17.9 Å². The summed E-state index contributed by atoms with van der Waals surface area (Å²) in [6, 6.07) is 5.46. The maximum absolute atomic E-state index is 12.3. The van der Waals surface area contributed by atoms with Gasteiger partial charge < -0.3 is 10.6 Å². The van der Waals surface area contributed by atoms with E-state index in [1.807, 2.05) is 6.92 Å². The van der Waals surface area contributed by atoms with Gasteiger partial charge in [-0.2, -0.15) is 0 Å². The predicted octanol–water partition coefficient (Wildman–Crippen LogP) is 2.89. The molecule has 0 saturated heterocycles. The molecule has 2 N–H and O–H groups in total. The van der Waals surface area contributed by atoms with Crippen molar-refractivity contribution in [2.24, 2.45) is 5.41 Å².